The Morgan fingerprint density at radius 1 is 1.23 bits per heavy atom. The fourth-order valence-corrected chi connectivity index (χ4v) is 6.13. The predicted octanol–water partition coefficient (Wildman–Crippen LogP) is 6.14. The van der Waals surface area contributed by atoms with Gasteiger partial charge in [0.05, 0.1) is 17.2 Å². The number of likely N-dealkylation sites (tertiary alicyclic amines) is 1. The van der Waals surface area contributed by atoms with E-state index in [9.17, 15) is 4.79 Å². The van der Waals surface area contributed by atoms with Crippen LogP contribution in [0.5, 0.6) is 0 Å². The lowest BCUT2D eigenvalue weighted by molar-refractivity contribution is -0.156. The quantitative estimate of drug-likeness (QED) is 0.190. The second-order valence-corrected chi connectivity index (χ2v) is 13.3. The molecule has 43 heavy (non-hydrogen) atoms. The fourth-order valence-electron chi connectivity index (χ4n) is 5.58. The predicted molar refractivity (Wildman–Crippen MR) is 170 cm³/mol. The molecule has 4 aromatic heterocycles. The topological polar surface area (TPSA) is 131 Å². The summed E-state index contributed by atoms with van der Waals surface area (Å²) in [6.07, 6.45) is 5.86. The van der Waals surface area contributed by atoms with E-state index < -0.39 is 5.60 Å². The van der Waals surface area contributed by atoms with Crippen LogP contribution >= 0.6 is 15.9 Å². The number of aromatic amines is 1. The number of H-pyrrole nitrogens is 1. The summed E-state index contributed by atoms with van der Waals surface area (Å²) in [7, 11) is 0. The van der Waals surface area contributed by atoms with Crippen molar-refractivity contribution in [3.8, 4) is 11.4 Å². The van der Waals surface area contributed by atoms with Crippen molar-refractivity contribution in [2.45, 2.75) is 72.1 Å². The van der Waals surface area contributed by atoms with Gasteiger partial charge in [0.25, 0.3) is 0 Å². The Balaban J connectivity index is 0.00000384. The molecule has 5 aromatic rings. The number of tetrazole rings is 1. The Morgan fingerprint density at radius 2 is 2.02 bits per heavy atom. The zero-order valence-electron chi connectivity index (χ0n) is 25.1. The van der Waals surface area contributed by atoms with E-state index in [-0.39, 0.29) is 13.4 Å². The van der Waals surface area contributed by atoms with Crippen LogP contribution in [0.2, 0.25) is 0 Å². The molecule has 13 heteroatoms. The molecule has 0 aliphatic carbocycles. The van der Waals surface area contributed by atoms with Gasteiger partial charge in [0.15, 0.2) is 5.82 Å². The van der Waals surface area contributed by atoms with Crippen molar-refractivity contribution in [2.24, 2.45) is 5.92 Å². The lowest BCUT2D eigenvalue weighted by Crippen LogP contribution is -2.34. The fraction of sp³-hybridized carbons (Fsp3) is 0.467. The van der Waals surface area contributed by atoms with Gasteiger partial charge in [-0.3, -0.25) is 9.69 Å². The molecule has 0 spiro atoms. The molecule has 0 atom stereocenters. The van der Waals surface area contributed by atoms with Crippen LogP contribution in [0, 0.1) is 5.92 Å². The van der Waals surface area contributed by atoms with Crippen LogP contribution in [0.4, 0.5) is 11.5 Å². The van der Waals surface area contributed by atoms with Gasteiger partial charge in [0.1, 0.15) is 22.0 Å². The first-order chi connectivity index (χ1) is 20.5. The van der Waals surface area contributed by atoms with Crippen LogP contribution in [0.1, 0.15) is 66.9 Å². The van der Waals surface area contributed by atoms with Gasteiger partial charge < -0.3 is 15.0 Å². The summed E-state index contributed by atoms with van der Waals surface area (Å²) in [4.78, 5) is 24.4. The van der Waals surface area contributed by atoms with Gasteiger partial charge in [-0.15, -0.1) is 10.2 Å². The first-order valence-electron chi connectivity index (χ1n) is 14.7. The third kappa shape index (κ3) is 6.42. The van der Waals surface area contributed by atoms with Crippen LogP contribution in [0.25, 0.3) is 27.8 Å². The number of fused-ring (bicyclic) bond motifs is 2. The van der Waals surface area contributed by atoms with Gasteiger partial charge in [0, 0.05) is 31.5 Å². The highest BCUT2D eigenvalue weighted by Gasteiger charge is 2.26. The Morgan fingerprint density at radius 3 is 2.74 bits per heavy atom. The van der Waals surface area contributed by atoms with E-state index in [2.05, 4.69) is 68.8 Å². The molecular weight excluding hydrogens is 612 g/mol. The van der Waals surface area contributed by atoms with Gasteiger partial charge in [-0.2, -0.15) is 9.90 Å². The number of benzene rings is 1. The molecule has 0 bridgehead atoms. The Bertz CT molecular complexity index is 1760. The highest BCUT2D eigenvalue weighted by Crippen LogP contribution is 2.34. The first kappa shape index (κ1) is 29.2. The summed E-state index contributed by atoms with van der Waals surface area (Å²) in [5.41, 5.74) is 4.23. The summed E-state index contributed by atoms with van der Waals surface area (Å²) in [5, 5.41) is 22.2. The number of nitrogens with zero attached hydrogens (tertiary/aromatic N) is 8. The van der Waals surface area contributed by atoms with E-state index in [1.165, 1.54) is 0 Å². The van der Waals surface area contributed by atoms with Crippen molar-refractivity contribution in [2.75, 3.05) is 18.4 Å². The van der Waals surface area contributed by atoms with E-state index in [4.69, 9.17) is 4.74 Å². The average molecular weight is 652 g/mol. The molecule has 2 N–H and O–H groups in total. The van der Waals surface area contributed by atoms with Crippen LogP contribution in [0.15, 0.2) is 41.4 Å². The van der Waals surface area contributed by atoms with Crippen molar-refractivity contribution >= 4 is 49.8 Å². The third-order valence-corrected chi connectivity index (χ3v) is 8.19. The van der Waals surface area contributed by atoms with Crippen molar-refractivity contribution in [3.63, 3.8) is 0 Å². The Labute approximate surface area is 259 Å². The number of nitrogens with one attached hydrogen (secondary N) is 2. The number of rotatable bonds is 8. The zero-order valence-corrected chi connectivity index (χ0v) is 26.7. The number of halogens is 1. The monoisotopic (exact) mass is 650 g/mol. The average Bonchev–Trinajstić information content (AvgIpc) is 3.69. The molecule has 0 amide bonds. The number of esters is 1. The highest BCUT2D eigenvalue weighted by molar-refractivity contribution is 9.10. The highest BCUT2D eigenvalue weighted by atomic mass is 79.9. The van der Waals surface area contributed by atoms with E-state index in [1.54, 1.807) is 11.1 Å². The number of piperidine rings is 1. The maximum absolute atomic E-state index is 12.4. The van der Waals surface area contributed by atoms with E-state index in [0.29, 0.717) is 24.0 Å². The van der Waals surface area contributed by atoms with E-state index in [0.717, 1.165) is 70.3 Å². The summed E-state index contributed by atoms with van der Waals surface area (Å²) in [6.45, 7) is 12.3. The van der Waals surface area contributed by atoms with Crippen molar-refractivity contribution in [1.29, 1.82) is 0 Å². The minimum absolute atomic E-state index is 0. The van der Waals surface area contributed by atoms with Gasteiger partial charge in [0.2, 0.25) is 5.82 Å². The molecule has 228 valence electrons. The summed E-state index contributed by atoms with van der Waals surface area (Å²) in [5.74, 6) is 1.49. The van der Waals surface area contributed by atoms with Crippen molar-refractivity contribution in [1.82, 2.24) is 44.7 Å². The number of carbonyl (C=O) groups excluding carboxylic acids is 1. The second-order valence-electron chi connectivity index (χ2n) is 12.5. The van der Waals surface area contributed by atoms with Crippen molar-refractivity contribution in [3.05, 3.63) is 47.0 Å². The molecule has 1 aromatic carbocycles. The standard InChI is InChI=1S/C30H37BrN10O2.H2/c1-18(2)41-37-28(36-38-41)21-13-20-6-9-32-26(20)23(14-21)35-29-27-22(15-24(31)40(27)34-17-33-29)16-39-10-7-19(8-11-39)12-25(42)43-30(3,4)5;/h6,9,13-15,17-19,32H,7-8,10-12,16H2,1-5H3,(H,33,34,35);1H. The molecule has 1 aliphatic heterocycles. The van der Waals surface area contributed by atoms with Gasteiger partial charge in [-0.25, -0.2) is 9.50 Å². The second kappa shape index (κ2) is 11.7. The number of ether oxygens (including phenoxy) is 1. The summed E-state index contributed by atoms with van der Waals surface area (Å²) in [6, 6.07) is 8.33. The van der Waals surface area contributed by atoms with E-state index >= 15 is 0 Å². The van der Waals surface area contributed by atoms with Crippen LogP contribution in [0.3, 0.4) is 0 Å². The molecule has 6 rings (SSSR count). The minimum atomic E-state index is -0.450. The lowest BCUT2D eigenvalue weighted by Gasteiger charge is -2.32. The van der Waals surface area contributed by atoms with E-state index in [1.807, 2.05) is 57.5 Å². The summed E-state index contributed by atoms with van der Waals surface area (Å²) >= 11 is 3.70. The number of carbonyl (C=O) groups is 1. The number of anilines is 2. The maximum Gasteiger partial charge on any atom is 0.306 e. The molecule has 0 radical (unpaired) electrons. The molecule has 0 unspecified atom stereocenters. The largest absolute Gasteiger partial charge is 0.460 e. The molecule has 1 saturated heterocycles. The molecule has 1 fully saturated rings. The zero-order chi connectivity index (χ0) is 30.3. The normalized spacial score (nSPS) is 15.1. The van der Waals surface area contributed by atoms with Crippen LogP contribution in [-0.2, 0) is 16.1 Å². The lowest BCUT2D eigenvalue weighted by atomic mass is 9.93. The molecule has 0 saturated carbocycles. The van der Waals surface area contributed by atoms with Gasteiger partial charge in [-0.05, 0) is 117 Å². The summed E-state index contributed by atoms with van der Waals surface area (Å²) < 4.78 is 8.27. The Kier molecular flexibility index (Phi) is 7.94. The SMILES string of the molecule is CC(C)n1nnc(-c2cc(Nc3ncnn4c(Br)cc(CN5CCC(CC(=O)OC(C)(C)C)CC5)c34)c3[nH]ccc3c2)n1.[HH]. The van der Waals surface area contributed by atoms with Gasteiger partial charge >= 0.3 is 5.97 Å². The minimum Gasteiger partial charge on any atom is -0.460 e. The number of aromatic nitrogens is 8. The first-order valence-corrected chi connectivity index (χ1v) is 15.5. The molecular formula is C30H39BrN10O2. The van der Waals surface area contributed by atoms with Crippen LogP contribution < -0.4 is 5.32 Å². The number of hydrogen-bond acceptors (Lipinski definition) is 9. The smallest absolute Gasteiger partial charge is 0.306 e. The number of hydrogen-bond donors (Lipinski definition) is 2. The van der Waals surface area contributed by atoms with Gasteiger partial charge in [-0.1, -0.05) is 0 Å². The van der Waals surface area contributed by atoms with Crippen molar-refractivity contribution < 1.29 is 11.0 Å². The molecule has 12 nitrogen and oxygen atoms in total. The molecule has 1 aliphatic rings. The van der Waals surface area contributed by atoms with Crippen LogP contribution in [-0.4, -0.2) is 69.3 Å². The maximum atomic E-state index is 12.4. The third-order valence-electron chi connectivity index (χ3n) is 7.63. The molecule has 5 heterocycles. The Hall–Kier alpha value is -3.84.